The van der Waals surface area contributed by atoms with Crippen LogP contribution < -0.4 is 9.47 Å². The maximum atomic E-state index is 11.7. The van der Waals surface area contributed by atoms with Crippen molar-refractivity contribution in [2.24, 2.45) is 0 Å². The lowest BCUT2D eigenvalue weighted by molar-refractivity contribution is 0.101. The lowest BCUT2D eigenvalue weighted by atomic mass is 9.93. The minimum Gasteiger partial charge on any atom is -0.507 e. The monoisotopic (exact) mass is 432 g/mol. The summed E-state index contributed by atoms with van der Waals surface area (Å²) in [6, 6.07) is 9.10. The van der Waals surface area contributed by atoms with E-state index < -0.39 is 0 Å². The van der Waals surface area contributed by atoms with E-state index in [9.17, 15) is 9.90 Å². The van der Waals surface area contributed by atoms with E-state index in [-0.39, 0.29) is 28.6 Å². The molecular formula is C27H28O5. The van der Waals surface area contributed by atoms with Crippen LogP contribution in [-0.4, -0.2) is 23.6 Å². The van der Waals surface area contributed by atoms with Crippen molar-refractivity contribution in [3.8, 4) is 17.2 Å². The predicted octanol–water partition coefficient (Wildman–Crippen LogP) is 6.74. The molecule has 2 aromatic carbocycles. The topological polar surface area (TPSA) is 68.9 Å². The summed E-state index contributed by atoms with van der Waals surface area (Å²) in [7, 11) is 1.66. The number of aromatic hydroxyl groups is 1. The number of Topliss-reactive ketones (excluding diaryl/α,β-unsaturated/α-hetero) is 1. The molecule has 0 spiro atoms. The number of carbonyl (C=O) groups is 1. The van der Waals surface area contributed by atoms with Crippen LogP contribution in [-0.2, 0) is 0 Å². The Morgan fingerprint density at radius 1 is 1.16 bits per heavy atom. The number of fused-ring (bicyclic) bond motifs is 2. The van der Waals surface area contributed by atoms with Crippen LogP contribution in [0.1, 0.15) is 67.8 Å². The van der Waals surface area contributed by atoms with Gasteiger partial charge in [0.25, 0.3) is 0 Å². The predicted molar refractivity (Wildman–Crippen MR) is 127 cm³/mol. The number of carbonyl (C=O) groups excluding carboxylic acids is 1. The van der Waals surface area contributed by atoms with Gasteiger partial charge in [-0.15, -0.1) is 0 Å². The molecule has 0 saturated heterocycles. The van der Waals surface area contributed by atoms with Gasteiger partial charge >= 0.3 is 0 Å². The van der Waals surface area contributed by atoms with E-state index in [1.165, 1.54) is 13.0 Å². The number of furan rings is 1. The van der Waals surface area contributed by atoms with Crippen molar-refractivity contribution in [3.63, 3.8) is 0 Å². The summed E-state index contributed by atoms with van der Waals surface area (Å²) in [6.45, 7) is 9.56. The number of ketones is 1. The third-order valence-corrected chi connectivity index (χ3v) is 5.79. The number of hydrogen-bond donors (Lipinski definition) is 1. The maximum absolute atomic E-state index is 11.7. The molecule has 5 nitrogen and oxygen atoms in total. The van der Waals surface area contributed by atoms with E-state index in [4.69, 9.17) is 13.9 Å². The molecule has 0 bridgehead atoms. The molecule has 0 amide bonds. The highest BCUT2D eigenvalue weighted by atomic mass is 16.5. The zero-order valence-electron chi connectivity index (χ0n) is 19.3. The van der Waals surface area contributed by atoms with Crippen LogP contribution in [0.4, 0.5) is 0 Å². The average molecular weight is 433 g/mol. The third-order valence-electron chi connectivity index (χ3n) is 5.79. The Morgan fingerprint density at radius 2 is 1.91 bits per heavy atom. The molecule has 1 N–H and O–H groups in total. The van der Waals surface area contributed by atoms with Crippen LogP contribution in [0.2, 0.25) is 0 Å². The molecule has 2 heterocycles. The SMILES string of the molecule is COc1cc2c(cc1C(C)C=C(C)c1cc3cc(C(C)=O)c(O)cc3o1)C=CC(C)(C)O2. The number of phenolic OH excluding ortho intramolecular Hbond substituents is 1. The first-order valence-corrected chi connectivity index (χ1v) is 10.6. The Balaban J connectivity index is 1.69. The Morgan fingerprint density at radius 3 is 2.59 bits per heavy atom. The molecule has 1 unspecified atom stereocenters. The number of rotatable bonds is 5. The normalized spacial score (nSPS) is 15.9. The van der Waals surface area contributed by atoms with Gasteiger partial charge in [-0.25, -0.2) is 0 Å². The minimum absolute atomic E-state index is 0.0491. The van der Waals surface area contributed by atoms with E-state index in [1.807, 2.05) is 32.9 Å². The Kier molecular flexibility index (Phi) is 5.37. The molecule has 1 aromatic heterocycles. The molecule has 1 atom stereocenters. The van der Waals surface area contributed by atoms with Gasteiger partial charge in [0.15, 0.2) is 5.78 Å². The number of methoxy groups -OCH3 is 1. The van der Waals surface area contributed by atoms with Crippen molar-refractivity contribution in [2.45, 2.75) is 46.1 Å². The van der Waals surface area contributed by atoms with E-state index >= 15 is 0 Å². The summed E-state index contributed by atoms with van der Waals surface area (Å²) in [6.07, 6.45) is 6.25. The first-order valence-electron chi connectivity index (χ1n) is 10.6. The van der Waals surface area contributed by atoms with Crippen LogP contribution >= 0.6 is 0 Å². The lowest BCUT2D eigenvalue weighted by Crippen LogP contribution is -2.27. The fourth-order valence-corrected chi connectivity index (χ4v) is 4.05. The molecule has 32 heavy (non-hydrogen) atoms. The van der Waals surface area contributed by atoms with Crippen molar-refractivity contribution in [1.82, 2.24) is 0 Å². The second-order valence-electron chi connectivity index (χ2n) is 8.88. The van der Waals surface area contributed by atoms with Gasteiger partial charge in [0.05, 0.1) is 12.7 Å². The van der Waals surface area contributed by atoms with E-state index in [2.05, 4.69) is 31.2 Å². The molecular weight excluding hydrogens is 404 g/mol. The van der Waals surface area contributed by atoms with Crippen LogP contribution in [0.25, 0.3) is 22.6 Å². The number of hydrogen-bond acceptors (Lipinski definition) is 5. The van der Waals surface area contributed by atoms with Gasteiger partial charge in [-0.2, -0.15) is 0 Å². The molecule has 0 fully saturated rings. The summed E-state index contributed by atoms with van der Waals surface area (Å²) >= 11 is 0. The van der Waals surface area contributed by atoms with Crippen molar-refractivity contribution in [2.75, 3.05) is 7.11 Å². The highest BCUT2D eigenvalue weighted by Crippen LogP contribution is 2.40. The lowest BCUT2D eigenvalue weighted by Gasteiger charge is -2.29. The largest absolute Gasteiger partial charge is 0.507 e. The van der Waals surface area contributed by atoms with Crippen molar-refractivity contribution in [3.05, 3.63) is 64.9 Å². The Bertz CT molecular complexity index is 1270. The number of allylic oxidation sites excluding steroid dienone is 2. The Hall–Kier alpha value is -3.47. The fourth-order valence-electron chi connectivity index (χ4n) is 4.05. The molecule has 0 radical (unpaired) electrons. The van der Waals surface area contributed by atoms with Crippen molar-refractivity contribution < 1.29 is 23.8 Å². The molecule has 4 rings (SSSR count). The van der Waals surface area contributed by atoms with Crippen LogP contribution in [0, 0.1) is 0 Å². The molecule has 0 saturated carbocycles. The average Bonchev–Trinajstić information content (AvgIpc) is 3.14. The van der Waals surface area contributed by atoms with E-state index in [0.717, 1.165) is 33.6 Å². The number of benzene rings is 2. The van der Waals surface area contributed by atoms with Gasteiger partial charge in [-0.1, -0.05) is 19.1 Å². The quantitative estimate of drug-likeness (QED) is 0.452. The Labute approximate surface area is 188 Å². The smallest absolute Gasteiger partial charge is 0.163 e. The minimum atomic E-state index is -0.348. The van der Waals surface area contributed by atoms with Gasteiger partial charge in [0, 0.05) is 34.6 Å². The molecule has 1 aliphatic heterocycles. The first kappa shape index (κ1) is 21.8. The second kappa shape index (κ2) is 7.90. The molecule has 1 aliphatic rings. The molecule has 5 heteroatoms. The highest BCUT2D eigenvalue weighted by molar-refractivity contribution is 6.01. The summed E-state index contributed by atoms with van der Waals surface area (Å²) < 4.78 is 17.7. The van der Waals surface area contributed by atoms with Gasteiger partial charge < -0.3 is 19.0 Å². The summed E-state index contributed by atoms with van der Waals surface area (Å²) in [5, 5.41) is 10.9. The van der Waals surface area contributed by atoms with Gasteiger partial charge in [-0.05, 0) is 57.5 Å². The van der Waals surface area contributed by atoms with Gasteiger partial charge in [-0.3, -0.25) is 4.79 Å². The van der Waals surface area contributed by atoms with Crippen LogP contribution in [0.5, 0.6) is 17.2 Å². The third kappa shape index (κ3) is 4.03. The number of ether oxygens (including phenoxy) is 2. The molecule has 3 aromatic rings. The van der Waals surface area contributed by atoms with Gasteiger partial charge in [0.1, 0.15) is 34.2 Å². The summed E-state index contributed by atoms with van der Waals surface area (Å²) in [4.78, 5) is 11.7. The number of phenols is 1. The van der Waals surface area contributed by atoms with Crippen LogP contribution in [0.3, 0.4) is 0 Å². The van der Waals surface area contributed by atoms with Crippen molar-refractivity contribution >= 4 is 28.4 Å². The van der Waals surface area contributed by atoms with Gasteiger partial charge in [0.2, 0.25) is 0 Å². The highest BCUT2D eigenvalue weighted by Gasteiger charge is 2.24. The van der Waals surface area contributed by atoms with E-state index in [1.54, 1.807) is 13.2 Å². The second-order valence-corrected chi connectivity index (χ2v) is 8.88. The zero-order chi connectivity index (χ0) is 23.2. The van der Waals surface area contributed by atoms with E-state index in [0.29, 0.717) is 11.3 Å². The standard InChI is InChI=1S/C27H28O5/c1-15(20-10-18-7-8-27(4,5)32-25(18)14-26(20)30-6)9-16(2)23-12-19-11-21(17(3)28)22(29)13-24(19)31-23/h7-15,29H,1-6H3. The maximum Gasteiger partial charge on any atom is 0.163 e. The summed E-state index contributed by atoms with van der Waals surface area (Å²) in [5.74, 6) is 2.06. The first-order chi connectivity index (χ1) is 15.1. The molecule has 166 valence electrons. The fraction of sp³-hybridized carbons (Fsp3) is 0.296. The van der Waals surface area contributed by atoms with Crippen molar-refractivity contribution in [1.29, 1.82) is 0 Å². The summed E-state index contributed by atoms with van der Waals surface area (Å²) in [5.41, 5.74) is 3.50. The zero-order valence-corrected chi connectivity index (χ0v) is 19.3. The molecule has 0 aliphatic carbocycles. The van der Waals surface area contributed by atoms with Crippen LogP contribution in [0.15, 0.2) is 46.9 Å².